The zero-order chi connectivity index (χ0) is 22.3. The third-order valence-electron chi connectivity index (χ3n) is 5.50. The van der Waals surface area contributed by atoms with Crippen molar-refractivity contribution in [2.45, 2.75) is 38.5 Å². The molecule has 4 rings (SSSR count). The van der Waals surface area contributed by atoms with Gasteiger partial charge < -0.3 is 5.11 Å². The number of benzene rings is 2. The fraction of sp³-hybridized carbons (Fsp3) is 0.286. The Bertz CT molecular complexity index is 1240. The molecule has 0 fully saturated rings. The normalized spacial score (nSPS) is 14.7. The van der Waals surface area contributed by atoms with Crippen LogP contribution in [0.1, 0.15) is 31.1 Å². The zero-order valence-electron chi connectivity index (χ0n) is 16.7. The molecule has 31 heavy (non-hydrogen) atoms. The molecule has 0 bridgehead atoms. The molecule has 0 amide bonds. The van der Waals surface area contributed by atoms with Crippen molar-refractivity contribution >= 4 is 22.5 Å². The number of aromatic nitrogens is 5. The van der Waals surface area contributed by atoms with Crippen LogP contribution in [-0.2, 0) is 18.6 Å². The van der Waals surface area contributed by atoms with Crippen molar-refractivity contribution in [1.82, 2.24) is 24.5 Å². The fourth-order valence-electron chi connectivity index (χ4n) is 3.87. The molecule has 6 nitrogen and oxygen atoms in total. The molecular formula is C21H19ClF3N5O. The molecule has 0 aliphatic rings. The van der Waals surface area contributed by atoms with Gasteiger partial charge in [-0.3, -0.25) is 4.68 Å². The minimum Gasteiger partial charge on any atom is -0.381 e. The van der Waals surface area contributed by atoms with Gasteiger partial charge in [-0.25, -0.2) is 22.8 Å². The van der Waals surface area contributed by atoms with Crippen LogP contribution < -0.4 is 0 Å². The minimum absolute atomic E-state index is 0.0446. The van der Waals surface area contributed by atoms with Crippen molar-refractivity contribution in [1.29, 1.82) is 0 Å². The zero-order valence-corrected chi connectivity index (χ0v) is 17.5. The van der Waals surface area contributed by atoms with E-state index in [2.05, 4.69) is 15.2 Å². The fourth-order valence-corrected chi connectivity index (χ4v) is 4.03. The average molecular weight is 450 g/mol. The van der Waals surface area contributed by atoms with E-state index in [0.29, 0.717) is 29.1 Å². The van der Waals surface area contributed by atoms with Gasteiger partial charge in [0.05, 0.1) is 23.1 Å². The predicted molar refractivity (Wildman–Crippen MR) is 109 cm³/mol. The van der Waals surface area contributed by atoms with E-state index in [1.54, 1.807) is 6.92 Å². The second kappa shape index (κ2) is 7.97. The first kappa shape index (κ1) is 21.3. The van der Waals surface area contributed by atoms with E-state index in [4.69, 9.17) is 11.6 Å². The summed E-state index contributed by atoms with van der Waals surface area (Å²) >= 11 is 5.96. The SMILES string of the molecule is CCc1c2cc(Cl)c(F)cc2nn1[C@H](C)[C@](O)(Cn1cncn1)c1ccc(F)cc1F. The van der Waals surface area contributed by atoms with E-state index < -0.39 is 29.1 Å². The molecule has 1 N–H and O–H groups in total. The number of nitrogens with zero attached hydrogens (tertiary/aromatic N) is 5. The lowest BCUT2D eigenvalue weighted by Crippen LogP contribution is -2.41. The van der Waals surface area contributed by atoms with Gasteiger partial charge in [0.2, 0.25) is 0 Å². The van der Waals surface area contributed by atoms with Crippen molar-refractivity contribution in [3.63, 3.8) is 0 Å². The summed E-state index contributed by atoms with van der Waals surface area (Å²) in [4.78, 5) is 3.86. The van der Waals surface area contributed by atoms with Crippen molar-refractivity contribution < 1.29 is 18.3 Å². The summed E-state index contributed by atoms with van der Waals surface area (Å²) in [5.74, 6) is -2.28. The van der Waals surface area contributed by atoms with Gasteiger partial charge in [0.15, 0.2) is 0 Å². The van der Waals surface area contributed by atoms with Gasteiger partial charge in [-0.1, -0.05) is 24.6 Å². The van der Waals surface area contributed by atoms with Gasteiger partial charge in [-0.05, 0) is 25.5 Å². The first-order chi connectivity index (χ1) is 14.7. The molecular weight excluding hydrogens is 431 g/mol. The number of halogens is 4. The molecule has 0 saturated carbocycles. The minimum atomic E-state index is -1.89. The van der Waals surface area contributed by atoms with Crippen molar-refractivity contribution in [2.75, 3.05) is 0 Å². The molecule has 0 radical (unpaired) electrons. The summed E-state index contributed by atoms with van der Waals surface area (Å²) in [6.45, 7) is 3.36. The quantitative estimate of drug-likeness (QED) is 0.473. The summed E-state index contributed by atoms with van der Waals surface area (Å²) in [5.41, 5.74) is -0.972. The van der Waals surface area contributed by atoms with Crippen LogP contribution in [-0.4, -0.2) is 29.7 Å². The lowest BCUT2D eigenvalue weighted by molar-refractivity contribution is -0.0374. The van der Waals surface area contributed by atoms with Crippen molar-refractivity contribution in [3.05, 3.63) is 76.7 Å². The highest BCUT2D eigenvalue weighted by Gasteiger charge is 2.41. The molecule has 2 aromatic heterocycles. The lowest BCUT2D eigenvalue weighted by atomic mass is 9.86. The van der Waals surface area contributed by atoms with E-state index >= 15 is 0 Å². The van der Waals surface area contributed by atoms with Crippen LogP contribution in [0.5, 0.6) is 0 Å². The second-order valence-corrected chi connectivity index (χ2v) is 7.75. The summed E-state index contributed by atoms with van der Waals surface area (Å²) in [6, 6.07) is 4.84. The van der Waals surface area contributed by atoms with Gasteiger partial charge >= 0.3 is 0 Å². The van der Waals surface area contributed by atoms with E-state index in [1.807, 2.05) is 6.92 Å². The number of aliphatic hydroxyl groups is 1. The number of hydrogen-bond acceptors (Lipinski definition) is 4. The van der Waals surface area contributed by atoms with Gasteiger partial charge in [0, 0.05) is 28.8 Å². The molecule has 2 aromatic carbocycles. The van der Waals surface area contributed by atoms with Crippen molar-refractivity contribution in [2.24, 2.45) is 0 Å². The first-order valence-corrected chi connectivity index (χ1v) is 9.98. The highest BCUT2D eigenvalue weighted by Crippen LogP contribution is 2.38. The van der Waals surface area contributed by atoms with E-state index in [1.165, 1.54) is 40.2 Å². The monoisotopic (exact) mass is 449 g/mol. The largest absolute Gasteiger partial charge is 0.381 e. The Morgan fingerprint density at radius 1 is 1.16 bits per heavy atom. The first-order valence-electron chi connectivity index (χ1n) is 9.61. The smallest absolute Gasteiger partial charge is 0.144 e. The Morgan fingerprint density at radius 2 is 1.94 bits per heavy atom. The second-order valence-electron chi connectivity index (χ2n) is 7.35. The summed E-state index contributed by atoms with van der Waals surface area (Å²) in [6.07, 6.45) is 3.17. The Balaban J connectivity index is 1.91. The van der Waals surface area contributed by atoms with Gasteiger partial charge in [-0.15, -0.1) is 0 Å². The number of hydrogen-bond donors (Lipinski definition) is 1. The number of aryl methyl sites for hydroxylation is 1. The van der Waals surface area contributed by atoms with Crippen LogP contribution in [0.4, 0.5) is 13.2 Å². The van der Waals surface area contributed by atoms with Crippen LogP contribution in [0.15, 0.2) is 43.0 Å². The molecule has 0 aliphatic heterocycles. The molecule has 2 heterocycles. The Morgan fingerprint density at radius 3 is 2.58 bits per heavy atom. The Hall–Kier alpha value is -2.91. The molecule has 4 aromatic rings. The standard InChI is InChI=1S/C21H19ClF3N5O/c1-3-20-14-7-16(22)18(25)8-19(14)28-30(20)12(2)21(31,9-29-11-26-10-27-29)15-5-4-13(23)6-17(15)24/h4-8,10-12,31H,3,9H2,1-2H3/t12-,21-/m1/s1. The third kappa shape index (κ3) is 3.68. The van der Waals surface area contributed by atoms with Gasteiger partial charge in [0.25, 0.3) is 0 Å². The molecule has 162 valence electrons. The summed E-state index contributed by atoms with van der Waals surface area (Å²) in [5, 5.41) is 20.9. The third-order valence-corrected chi connectivity index (χ3v) is 5.79. The highest BCUT2D eigenvalue weighted by atomic mass is 35.5. The molecule has 0 aliphatic carbocycles. The lowest BCUT2D eigenvalue weighted by Gasteiger charge is -2.35. The molecule has 10 heteroatoms. The van der Waals surface area contributed by atoms with Gasteiger partial charge in [-0.2, -0.15) is 10.2 Å². The Labute approximate surface area is 180 Å². The summed E-state index contributed by atoms with van der Waals surface area (Å²) < 4.78 is 45.2. The molecule has 0 unspecified atom stereocenters. The van der Waals surface area contributed by atoms with Gasteiger partial charge in [0.1, 0.15) is 35.7 Å². The maximum absolute atomic E-state index is 14.8. The molecule has 0 saturated heterocycles. The predicted octanol–water partition coefficient (Wildman–Crippen LogP) is 4.41. The van der Waals surface area contributed by atoms with E-state index in [-0.39, 0.29) is 17.1 Å². The number of rotatable bonds is 6. The highest BCUT2D eigenvalue weighted by molar-refractivity contribution is 6.31. The van der Waals surface area contributed by atoms with Crippen LogP contribution in [0.3, 0.4) is 0 Å². The summed E-state index contributed by atoms with van der Waals surface area (Å²) in [7, 11) is 0. The topological polar surface area (TPSA) is 68.8 Å². The van der Waals surface area contributed by atoms with E-state index in [9.17, 15) is 18.3 Å². The van der Waals surface area contributed by atoms with Crippen molar-refractivity contribution in [3.8, 4) is 0 Å². The van der Waals surface area contributed by atoms with Crippen LogP contribution in [0.25, 0.3) is 10.9 Å². The van der Waals surface area contributed by atoms with Crippen LogP contribution in [0, 0.1) is 17.5 Å². The Kier molecular flexibility index (Phi) is 5.49. The van der Waals surface area contributed by atoms with Crippen LogP contribution >= 0.6 is 11.6 Å². The van der Waals surface area contributed by atoms with E-state index in [0.717, 1.165) is 6.07 Å². The molecule has 0 spiro atoms. The molecule has 2 atom stereocenters. The maximum atomic E-state index is 14.8. The maximum Gasteiger partial charge on any atom is 0.144 e. The average Bonchev–Trinajstić information content (AvgIpc) is 3.34. The van der Waals surface area contributed by atoms with Crippen LogP contribution in [0.2, 0.25) is 5.02 Å². The number of fused-ring (bicyclic) bond motifs is 1.